The smallest absolute Gasteiger partial charge is 0.224 e. The number of carbonyl (C=O) groups excluding carboxylic acids is 1. The molecular formula is C19H25N3O. The Balaban J connectivity index is 1.93. The maximum atomic E-state index is 11.7. The molecule has 0 radical (unpaired) electrons. The molecule has 0 aliphatic heterocycles. The average molecular weight is 311 g/mol. The largest absolute Gasteiger partial charge is 0.340 e. The highest BCUT2D eigenvalue weighted by Crippen LogP contribution is 2.20. The molecule has 2 N–H and O–H groups in total. The van der Waals surface area contributed by atoms with Gasteiger partial charge in [0.1, 0.15) is 5.82 Å². The Morgan fingerprint density at radius 2 is 1.78 bits per heavy atom. The van der Waals surface area contributed by atoms with Gasteiger partial charge in [-0.1, -0.05) is 39.3 Å². The van der Waals surface area contributed by atoms with Gasteiger partial charge in [0.2, 0.25) is 5.91 Å². The number of aromatic nitrogens is 1. The van der Waals surface area contributed by atoms with Gasteiger partial charge in [0.05, 0.1) is 11.9 Å². The van der Waals surface area contributed by atoms with E-state index >= 15 is 0 Å². The van der Waals surface area contributed by atoms with Crippen molar-refractivity contribution in [2.75, 3.05) is 10.6 Å². The molecule has 23 heavy (non-hydrogen) atoms. The number of pyridine rings is 1. The highest BCUT2D eigenvalue weighted by Gasteiger charge is 2.03. The van der Waals surface area contributed by atoms with E-state index in [2.05, 4.69) is 60.7 Å². The summed E-state index contributed by atoms with van der Waals surface area (Å²) in [5, 5.41) is 6.12. The quantitative estimate of drug-likeness (QED) is 0.750. The number of carbonyl (C=O) groups is 1. The van der Waals surface area contributed by atoms with Crippen LogP contribution in [-0.4, -0.2) is 10.9 Å². The van der Waals surface area contributed by atoms with E-state index in [1.54, 1.807) is 6.20 Å². The Labute approximate surface area is 138 Å². The first kappa shape index (κ1) is 17.0. The molecular weight excluding hydrogens is 286 g/mol. The number of benzene rings is 1. The summed E-state index contributed by atoms with van der Waals surface area (Å²) in [6, 6.07) is 12.1. The van der Waals surface area contributed by atoms with Crippen molar-refractivity contribution >= 4 is 23.1 Å². The van der Waals surface area contributed by atoms with Gasteiger partial charge in [0.25, 0.3) is 0 Å². The summed E-state index contributed by atoms with van der Waals surface area (Å²) in [4.78, 5) is 16.0. The lowest BCUT2D eigenvalue weighted by atomic mass is 10.0. The van der Waals surface area contributed by atoms with E-state index < -0.39 is 0 Å². The Bertz CT molecular complexity index is 618. The van der Waals surface area contributed by atoms with Gasteiger partial charge in [-0.05, 0) is 42.2 Å². The van der Waals surface area contributed by atoms with Gasteiger partial charge in [-0.2, -0.15) is 0 Å². The van der Waals surface area contributed by atoms with Crippen LogP contribution in [-0.2, 0) is 4.79 Å². The summed E-state index contributed by atoms with van der Waals surface area (Å²) in [5.74, 6) is 1.32. The van der Waals surface area contributed by atoms with Crippen LogP contribution in [0.4, 0.5) is 17.2 Å². The molecule has 0 aliphatic carbocycles. The Morgan fingerprint density at radius 1 is 1.09 bits per heavy atom. The van der Waals surface area contributed by atoms with Crippen LogP contribution in [0.1, 0.15) is 51.5 Å². The number of nitrogens with zero attached hydrogens (tertiary/aromatic N) is 1. The van der Waals surface area contributed by atoms with Crippen LogP contribution in [0, 0.1) is 0 Å². The first-order chi connectivity index (χ1) is 11.1. The molecule has 0 saturated heterocycles. The van der Waals surface area contributed by atoms with Crippen molar-refractivity contribution in [3.8, 4) is 0 Å². The molecule has 1 heterocycles. The molecule has 0 fully saturated rings. The third-order valence-corrected chi connectivity index (χ3v) is 3.65. The second kappa shape index (κ2) is 8.32. The van der Waals surface area contributed by atoms with Crippen molar-refractivity contribution in [3.05, 3.63) is 48.2 Å². The van der Waals surface area contributed by atoms with Crippen LogP contribution in [0.3, 0.4) is 0 Å². The monoisotopic (exact) mass is 311 g/mol. The second-order valence-corrected chi connectivity index (χ2v) is 5.99. The highest BCUT2D eigenvalue weighted by atomic mass is 16.1. The van der Waals surface area contributed by atoms with Crippen molar-refractivity contribution < 1.29 is 4.79 Å². The van der Waals surface area contributed by atoms with E-state index in [4.69, 9.17) is 0 Å². The summed E-state index contributed by atoms with van der Waals surface area (Å²) < 4.78 is 0. The number of hydrogen-bond acceptors (Lipinski definition) is 3. The normalized spacial score (nSPS) is 10.6. The molecule has 0 bridgehead atoms. The van der Waals surface area contributed by atoms with Crippen LogP contribution in [0.2, 0.25) is 0 Å². The van der Waals surface area contributed by atoms with E-state index in [1.165, 1.54) is 5.56 Å². The fraction of sp³-hybridized carbons (Fsp3) is 0.368. The summed E-state index contributed by atoms with van der Waals surface area (Å²) in [6.45, 7) is 6.43. The van der Waals surface area contributed by atoms with Gasteiger partial charge in [-0.25, -0.2) is 4.98 Å². The molecule has 2 aromatic rings. The molecule has 4 nitrogen and oxygen atoms in total. The van der Waals surface area contributed by atoms with Crippen molar-refractivity contribution in [1.29, 1.82) is 0 Å². The molecule has 4 heteroatoms. The van der Waals surface area contributed by atoms with Crippen LogP contribution >= 0.6 is 0 Å². The van der Waals surface area contributed by atoms with E-state index in [0.29, 0.717) is 12.3 Å². The van der Waals surface area contributed by atoms with Gasteiger partial charge in [-0.15, -0.1) is 0 Å². The molecule has 1 amide bonds. The summed E-state index contributed by atoms with van der Waals surface area (Å²) in [5.41, 5.74) is 3.04. The molecule has 1 aromatic heterocycles. The van der Waals surface area contributed by atoms with Crippen molar-refractivity contribution in [1.82, 2.24) is 4.98 Å². The van der Waals surface area contributed by atoms with E-state index in [9.17, 15) is 4.79 Å². The molecule has 1 aromatic carbocycles. The standard InChI is InChI=1S/C19H25N3O/c1-4-5-6-19(23)22-17-11-12-18(20-13-17)21-16-9-7-15(8-10-16)14(2)3/h7-14H,4-6H2,1-3H3,(H,20,21)(H,22,23). The minimum atomic E-state index is 0.0404. The van der Waals surface area contributed by atoms with Crippen LogP contribution in [0.25, 0.3) is 0 Å². The fourth-order valence-electron chi connectivity index (χ4n) is 2.20. The summed E-state index contributed by atoms with van der Waals surface area (Å²) >= 11 is 0. The predicted molar refractivity (Wildman–Crippen MR) is 96.2 cm³/mol. The SMILES string of the molecule is CCCCC(=O)Nc1ccc(Nc2ccc(C(C)C)cc2)nc1. The first-order valence-electron chi connectivity index (χ1n) is 8.21. The maximum Gasteiger partial charge on any atom is 0.224 e. The van der Waals surface area contributed by atoms with E-state index in [0.717, 1.165) is 30.0 Å². The van der Waals surface area contributed by atoms with E-state index in [-0.39, 0.29) is 5.91 Å². The zero-order chi connectivity index (χ0) is 16.7. The van der Waals surface area contributed by atoms with Crippen LogP contribution in [0.15, 0.2) is 42.6 Å². The third-order valence-electron chi connectivity index (χ3n) is 3.65. The summed E-state index contributed by atoms with van der Waals surface area (Å²) in [6.07, 6.45) is 4.16. The van der Waals surface area contributed by atoms with Gasteiger partial charge in [0.15, 0.2) is 0 Å². The molecule has 0 atom stereocenters. The van der Waals surface area contributed by atoms with Gasteiger partial charge >= 0.3 is 0 Å². The predicted octanol–water partition coefficient (Wildman–Crippen LogP) is 5.08. The molecule has 0 aliphatic rings. The number of nitrogens with one attached hydrogen (secondary N) is 2. The maximum absolute atomic E-state index is 11.7. The summed E-state index contributed by atoms with van der Waals surface area (Å²) in [7, 11) is 0. The number of anilines is 3. The van der Waals surface area contributed by atoms with Crippen molar-refractivity contribution in [3.63, 3.8) is 0 Å². The minimum absolute atomic E-state index is 0.0404. The molecule has 122 valence electrons. The fourth-order valence-corrected chi connectivity index (χ4v) is 2.20. The van der Waals surface area contributed by atoms with Crippen molar-refractivity contribution in [2.24, 2.45) is 0 Å². The minimum Gasteiger partial charge on any atom is -0.340 e. The molecule has 0 saturated carbocycles. The Kier molecular flexibility index (Phi) is 6.15. The Hall–Kier alpha value is -2.36. The lowest BCUT2D eigenvalue weighted by Crippen LogP contribution is -2.11. The Morgan fingerprint density at radius 3 is 2.35 bits per heavy atom. The number of hydrogen-bond donors (Lipinski definition) is 2. The van der Waals surface area contributed by atoms with Crippen LogP contribution in [0.5, 0.6) is 0 Å². The van der Waals surface area contributed by atoms with Gasteiger partial charge in [-0.3, -0.25) is 4.79 Å². The number of rotatable bonds is 7. The molecule has 0 unspecified atom stereocenters. The van der Waals surface area contributed by atoms with Gasteiger partial charge < -0.3 is 10.6 Å². The molecule has 2 rings (SSSR count). The van der Waals surface area contributed by atoms with Gasteiger partial charge in [0, 0.05) is 12.1 Å². The average Bonchev–Trinajstić information content (AvgIpc) is 2.55. The zero-order valence-electron chi connectivity index (χ0n) is 14.1. The highest BCUT2D eigenvalue weighted by molar-refractivity contribution is 5.90. The third kappa shape index (κ3) is 5.40. The second-order valence-electron chi connectivity index (χ2n) is 5.99. The lowest BCUT2D eigenvalue weighted by Gasteiger charge is -2.09. The lowest BCUT2D eigenvalue weighted by molar-refractivity contribution is -0.116. The number of amides is 1. The zero-order valence-corrected chi connectivity index (χ0v) is 14.1. The van der Waals surface area contributed by atoms with Crippen LogP contribution < -0.4 is 10.6 Å². The first-order valence-corrected chi connectivity index (χ1v) is 8.21. The number of unbranched alkanes of at least 4 members (excludes halogenated alkanes) is 1. The molecule has 0 spiro atoms. The van der Waals surface area contributed by atoms with E-state index in [1.807, 2.05) is 12.1 Å². The topological polar surface area (TPSA) is 54.0 Å². The van der Waals surface area contributed by atoms with Crippen molar-refractivity contribution in [2.45, 2.75) is 46.0 Å².